The van der Waals surface area contributed by atoms with Crippen LogP contribution in [0, 0.1) is 0 Å². The lowest BCUT2D eigenvalue weighted by atomic mass is 10.0. The highest BCUT2D eigenvalue weighted by atomic mass is 16.5. The number of fused-ring (bicyclic) bond motifs is 1. The highest BCUT2D eigenvalue weighted by molar-refractivity contribution is 5.60. The van der Waals surface area contributed by atoms with Crippen molar-refractivity contribution in [3.05, 3.63) is 53.6 Å². The van der Waals surface area contributed by atoms with E-state index in [4.69, 9.17) is 15.2 Å². The third kappa shape index (κ3) is 2.62. The molecule has 0 fully saturated rings. The summed E-state index contributed by atoms with van der Waals surface area (Å²) in [6.45, 7) is 1.53. The second-order valence-corrected chi connectivity index (χ2v) is 5.47. The average Bonchev–Trinajstić information content (AvgIpc) is 2.99. The van der Waals surface area contributed by atoms with Gasteiger partial charge < -0.3 is 20.1 Å². The Balaban J connectivity index is 1.99. The van der Waals surface area contributed by atoms with Crippen LogP contribution in [0.25, 0.3) is 0 Å². The number of anilines is 1. The Morgan fingerprint density at radius 1 is 1.09 bits per heavy atom. The van der Waals surface area contributed by atoms with Gasteiger partial charge in [-0.2, -0.15) is 0 Å². The fourth-order valence-corrected chi connectivity index (χ4v) is 3.15. The number of ether oxygens (including phenoxy) is 2. The number of methoxy groups -OCH3 is 2. The first-order chi connectivity index (χ1) is 10.8. The maximum absolute atomic E-state index is 6.10. The number of nitrogens with zero attached hydrogens (tertiary/aromatic N) is 1. The van der Waals surface area contributed by atoms with Crippen molar-refractivity contribution in [1.29, 1.82) is 0 Å². The van der Waals surface area contributed by atoms with Crippen LogP contribution in [-0.2, 0) is 6.42 Å². The Kier molecular flexibility index (Phi) is 4.20. The molecule has 3 rings (SSSR count). The van der Waals surface area contributed by atoms with Crippen LogP contribution in [0.15, 0.2) is 42.5 Å². The summed E-state index contributed by atoms with van der Waals surface area (Å²) in [5.41, 5.74) is 9.88. The minimum Gasteiger partial charge on any atom is -0.497 e. The van der Waals surface area contributed by atoms with Crippen molar-refractivity contribution in [2.45, 2.75) is 12.5 Å². The lowest BCUT2D eigenvalue weighted by Crippen LogP contribution is -2.32. The van der Waals surface area contributed by atoms with E-state index in [-0.39, 0.29) is 6.04 Å². The van der Waals surface area contributed by atoms with Crippen LogP contribution in [0.1, 0.15) is 17.2 Å². The van der Waals surface area contributed by atoms with Crippen LogP contribution in [-0.4, -0.2) is 27.3 Å². The molecule has 1 atom stereocenters. The molecule has 2 N–H and O–H groups in total. The minimum absolute atomic E-state index is 0.118. The Morgan fingerprint density at radius 3 is 2.41 bits per heavy atom. The van der Waals surface area contributed by atoms with Crippen LogP contribution in [0.3, 0.4) is 0 Å². The van der Waals surface area contributed by atoms with E-state index < -0.39 is 0 Å². The molecule has 0 radical (unpaired) electrons. The van der Waals surface area contributed by atoms with E-state index in [1.165, 1.54) is 11.3 Å². The molecule has 2 aromatic carbocycles. The first-order valence-electron chi connectivity index (χ1n) is 7.54. The largest absolute Gasteiger partial charge is 0.497 e. The van der Waals surface area contributed by atoms with Gasteiger partial charge in [0.05, 0.1) is 20.3 Å². The number of hydrogen-bond donors (Lipinski definition) is 1. The van der Waals surface area contributed by atoms with Gasteiger partial charge in [0.2, 0.25) is 0 Å². The van der Waals surface area contributed by atoms with Crippen molar-refractivity contribution in [3.8, 4) is 11.5 Å². The molecule has 4 heteroatoms. The quantitative estimate of drug-likeness (QED) is 0.922. The van der Waals surface area contributed by atoms with Crippen molar-refractivity contribution in [2.75, 3.05) is 32.2 Å². The summed E-state index contributed by atoms with van der Waals surface area (Å²) in [5, 5.41) is 0. The molecule has 0 spiro atoms. The molecule has 1 aliphatic rings. The third-order valence-corrected chi connectivity index (χ3v) is 4.28. The van der Waals surface area contributed by atoms with E-state index >= 15 is 0 Å². The van der Waals surface area contributed by atoms with Gasteiger partial charge in [-0.05, 0) is 35.7 Å². The highest BCUT2D eigenvalue weighted by Crippen LogP contribution is 2.36. The van der Waals surface area contributed by atoms with Crippen molar-refractivity contribution in [1.82, 2.24) is 0 Å². The van der Waals surface area contributed by atoms with Crippen molar-refractivity contribution in [3.63, 3.8) is 0 Å². The Hall–Kier alpha value is -2.20. The van der Waals surface area contributed by atoms with Gasteiger partial charge in [0, 0.05) is 24.8 Å². The first kappa shape index (κ1) is 14.7. The van der Waals surface area contributed by atoms with Crippen LogP contribution in [0.4, 0.5) is 5.69 Å². The SMILES string of the molecule is COc1cc(OC)cc(C(CN)N2CCc3ccccc32)c1. The molecule has 1 aliphatic heterocycles. The number of benzene rings is 2. The molecule has 0 saturated carbocycles. The monoisotopic (exact) mass is 298 g/mol. The minimum atomic E-state index is 0.118. The van der Waals surface area contributed by atoms with Gasteiger partial charge in [0.25, 0.3) is 0 Å². The van der Waals surface area contributed by atoms with Crippen LogP contribution in [0.5, 0.6) is 11.5 Å². The van der Waals surface area contributed by atoms with Crippen molar-refractivity contribution >= 4 is 5.69 Å². The maximum atomic E-state index is 6.10. The van der Waals surface area contributed by atoms with E-state index in [9.17, 15) is 0 Å². The fraction of sp³-hybridized carbons (Fsp3) is 0.333. The zero-order chi connectivity index (χ0) is 15.5. The number of nitrogens with two attached hydrogens (primary N) is 1. The van der Waals surface area contributed by atoms with Crippen molar-refractivity contribution < 1.29 is 9.47 Å². The second kappa shape index (κ2) is 6.28. The molecule has 2 aromatic rings. The molecule has 1 unspecified atom stereocenters. The molecule has 4 nitrogen and oxygen atoms in total. The summed E-state index contributed by atoms with van der Waals surface area (Å²) >= 11 is 0. The Morgan fingerprint density at radius 2 is 1.77 bits per heavy atom. The first-order valence-corrected chi connectivity index (χ1v) is 7.54. The predicted molar refractivity (Wildman–Crippen MR) is 88.8 cm³/mol. The molecule has 0 bridgehead atoms. The Bertz CT molecular complexity index is 635. The van der Waals surface area contributed by atoms with Gasteiger partial charge in [-0.15, -0.1) is 0 Å². The summed E-state index contributed by atoms with van der Waals surface area (Å²) in [4.78, 5) is 2.38. The van der Waals surface area contributed by atoms with E-state index in [1.54, 1.807) is 14.2 Å². The summed E-state index contributed by atoms with van der Waals surface area (Å²) in [6, 6.07) is 14.6. The molecule has 0 aromatic heterocycles. The number of para-hydroxylation sites is 1. The topological polar surface area (TPSA) is 47.7 Å². The van der Waals surface area contributed by atoms with Gasteiger partial charge in [-0.3, -0.25) is 0 Å². The normalized spacial score (nSPS) is 14.6. The summed E-state index contributed by atoms with van der Waals surface area (Å²) < 4.78 is 10.8. The standard InChI is InChI=1S/C18H22N2O2/c1-21-15-9-14(10-16(11-15)22-2)18(12-19)20-8-7-13-5-3-4-6-17(13)20/h3-6,9-11,18H,7-8,12,19H2,1-2H3. The summed E-state index contributed by atoms with van der Waals surface area (Å²) in [6.07, 6.45) is 1.06. The Labute approximate surface area is 131 Å². The lowest BCUT2D eigenvalue weighted by Gasteiger charge is -2.30. The molecule has 1 heterocycles. The summed E-state index contributed by atoms with van der Waals surface area (Å²) in [7, 11) is 3.34. The highest BCUT2D eigenvalue weighted by Gasteiger charge is 2.26. The molecular weight excluding hydrogens is 276 g/mol. The van der Waals surface area contributed by atoms with Gasteiger partial charge in [-0.25, -0.2) is 0 Å². The van der Waals surface area contributed by atoms with Crippen LogP contribution < -0.4 is 20.1 Å². The molecule has 116 valence electrons. The maximum Gasteiger partial charge on any atom is 0.122 e. The van der Waals surface area contributed by atoms with E-state index in [1.807, 2.05) is 18.2 Å². The predicted octanol–water partition coefficient (Wildman–Crippen LogP) is 2.77. The van der Waals surface area contributed by atoms with Gasteiger partial charge >= 0.3 is 0 Å². The zero-order valence-electron chi connectivity index (χ0n) is 13.1. The molecule has 0 aliphatic carbocycles. The van der Waals surface area contributed by atoms with Crippen LogP contribution >= 0.6 is 0 Å². The summed E-state index contributed by atoms with van der Waals surface area (Å²) in [5.74, 6) is 1.58. The number of hydrogen-bond acceptors (Lipinski definition) is 4. The van der Waals surface area contributed by atoms with E-state index in [0.29, 0.717) is 6.54 Å². The second-order valence-electron chi connectivity index (χ2n) is 5.47. The van der Waals surface area contributed by atoms with Crippen LogP contribution in [0.2, 0.25) is 0 Å². The molecule has 22 heavy (non-hydrogen) atoms. The smallest absolute Gasteiger partial charge is 0.122 e. The molecule has 0 saturated heterocycles. The molecular formula is C18H22N2O2. The lowest BCUT2D eigenvalue weighted by molar-refractivity contribution is 0.392. The van der Waals surface area contributed by atoms with E-state index in [0.717, 1.165) is 30.0 Å². The van der Waals surface area contributed by atoms with Gasteiger partial charge in [0.15, 0.2) is 0 Å². The third-order valence-electron chi connectivity index (χ3n) is 4.28. The van der Waals surface area contributed by atoms with Gasteiger partial charge in [0.1, 0.15) is 11.5 Å². The van der Waals surface area contributed by atoms with E-state index in [2.05, 4.69) is 29.2 Å². The van der Waals surface area contributed by atoms with Crippen molar-refractivity contribution in [2.24, 2.45) is 5.73 Å². The average molecular weight is 298 g/mol. The van der Waals surface area contributed by atoms with Gasteiger partial charge in [-0.1, -0.05) is 18.2 Å². The molecule has 0 amide bonds. The number of rotatable bonds is 5. The fourth-order valence-electron chi connectivity index (χ4n) is 3.15. The zero-order valence-corrected chi connectivity index (χ0v) is 13.1.